The van der Waals surface area contributed by atoms with Gasteiger partial charge in [-0.2, -0.15) is 18.6 Å². The van der Waals surface area contributed by atoms with Crippen LogP contribution in [0.2, 0.25) is 0 Å². The predicted octanol–water partition coefficient (Wildman–Crippen LogP) is -4.83. The van der Waals surface area contributed by atoms with Crippen molar-refractivity contribution < 1.29 is 158 Å². The quantitative estimate of drug-likeness (QED) is 0.0447. The molecule has 3 rings (SSSR count). The fraction of sp³-hybridized carbons (Fsp3) is 0.379. The van der Waals surface area contributed by atoms with Crippen LogP contribution in [0.25, 0.3) is 5.57 Å². The molecule has 0 aliphatic carbocycles. The third-order valence-corrected chi connectivity index (χ3v) is 8.55. The summed E-state index contributed by atoms with van der Waals surface area (Å²) in [5, 5.41) is 19.7. The monoisotopic (exact) mass is 770 g/mol. The van der Waals surface area contributed by atoms with Crippen molar-refractivity contribution in [2.45, 2.75) is 52.0 Å². The SMILES string of the molecule is CCOC(=O)C1=NN(C(CC)S(=O)(=O)O)C(=O)C1=C=C/C(=C/Cc1c(C(=O)OCC)nn(CCCS(=O)(=O)[O-])c1[O-])c1ccccc1.[K+].[K+]. The van der Waals surface area contributed by atoms with Gasteiger partial charge >= 0.3 is 115 Å². The van der Waals surface area contributed by atoms with E-state index in [9.17, 15) is 45.4 Å². The van der Waals surface area contributed by atoms with Gasteiger partial charge in [0.2, 0.25) is 0 Å². The number of aromatic nitrogens is 2. The van der Waals surface area contributed by atoms with Gasteiger partial charge in [0.1, 0.15) is 5.57 Å². The summed E-state index contributed by atoms with van der Waals surface area (Å²) in [4.78, 5) is 38.7. The molecule has 49 heavy (non-hydrogen) atoms. The number of rotatable bonds is 15. The number of ether oxygens (including phenoxy) is 2. The van der Waals surface area contributed by atoms with E-state index in [1.54, 1.807) is 37.3 Å². The Kier molecular flexibility index (Phi) is 19.2. The smallest absolute Gasteiger partial charge is 0.859 e. The van der Waals surface area contributed by atoms with Crippen LogP contribution in [0.5, 0.6) is 5.88 Å². The summed E-state index contributed by atoms with van der Waals surface area (Å²) < 4.78 is 77.5. The minimum absolute atomic E-state index is 0. The zero-order chi connectivity index (χ0) is 34.9. The normalized spacial score (nSPS) is 13.9. The molecule has 1 aromatic carbocycles. The van der Waals surface area contributed by atoms with E-state index in [1.165, 1.54) is 26.0 Å². The van der Waals surface area contributed by atoms with E-state index in [4.69, 9.17) is 9.47 Å². The number of benzene rings is 1. The zero-order valence-corrected chi connectivity index (χ0v) is 35.5. The Morgan fingerprint density at radius 3 is 2.20 bits per heavy atom. The molecule has 0 saturated carbocycles. The fourth-order valence-electron chi connectivity index (χ4n) is 4.42. The molecule has 1 aliphatic heterocycles. The number of carbonyl (C=O) groups is 3. The van der Waals surface area contributed by atoms with E-state index in [1.807, 2.05) is 0 Å². The number of allylic oxidation sites excluding steroid dienone is 2. The number of hydrogen-bond donors (Lipinski definition) is 1. The molecular formula is C29H32K2N4O12S2. The Labute approximate surface area is 369 Å². The first-order valence-corrected chi connectivity index (χ1v) is 17.4. The van der Waals surface area contributed by atoms with Gasteiger partial charge in [-0.05, 0) is 56.2 Å². The van der Waals surface area contributed by atoms with Crippen LogP contribution in [0.15, 0.2) is 58.9 Å². The zero-order valence-electron chi connectivity index (χ0n) is 27.6. The van der Waals surface area contributed by atoms with Crippen molar-refractivity contribution in [1.29, 1.82) is 0 Å². The van der Waals surface area contributed by atoms with E-state index in [2.05, 4.69) is 15.9 Å². The van der Waals surface area contributed by atoms with Crippen molar-refractivity contribution in [2.24, 2.45) is 5.10 Å². The first kappa shape index (κ1) is 45.7. The molecule has 1 unspecified atom stereocenters. The van der Waals surface area contributed by atoms with Crippen LogP contribution < -0.4 is 108 Å². The molecule has 0 fully saturated rings. The molecule has 0 bridgehead atoms. The second kappa shape index (κ2) is 20.6. The molecule has 20 heteroatoms. The van der Waals surface area contributed by atoms with Crippen LogP contribution in [0.3, 0.4) is 0 Å². The standard InChI is InChI=1S/C29H34N4O12S2.2K/c1-4-23(47(41,42)43)33-27(35)22(25(31-33)29(37)45-6-3)16-14-20(19-11-8-7-9-12-19)13-15-21-24(28(36)44-5-2)30-32(26(21)34)17-10-18-46(38,39)40;;/h7-9,11-14,23,34H,4-6,10,15,17-18H2,1-3H3,(H,38,39,40)(H,41,42,43);;/q;2*+1/p-2/b20-13-;;. The molecule has 1 aliphatic rings. The van der Waals surface area contributed by atoms with Gasteiger partial charge in [-0.25, -0.2) is 23.0 Å². The van der Waals surface area contributed by atoms with E-state index < -0.39 is 66.4 Å². The van der Waals surface area contributed by atoms with Gasteiger partial charge < -0.3 is 19.1 Å². The molecule has 0 radical (unpaired) electrons. The molecule has 16 nitrogen and oxygen atoms in total. The van der Waals surface area contributed by atoms with Gasteiger partial charge in [0.25, 0.3) is 16.0 Å². The molecule has 2 heterocycles. The summed E-state index contributed by atoms with van der Waals surface area (Å²) >= 11 is 0. The molecule has 1 atom stereocenters. The van der Waals surface area contributed by atoms with Crippen molar-refractivity contribution in [3.63, 3.8) is 0 Å². The van der Waals surface area contributed by atoms with E-state index in [0.717, 1.165) is 4.68 Å². The van der Waals surface area contributed by atoms with Gasteiger partial charge in [0.05, 0.1) is 23.3 Å². The second-order valence-electron chi connectivity index (χ2n) is 9.78. The summed E-state index contributed by atoms with van der Waals surface area (Å²) in [7, 11) is -9.35. The van der Waals surface area contributed by atoms with Crippen molar-refractivity contribution in [3.05, 3.63) is 70.6 Å². The van der Waals surface area contributed by atoms with Gasteiger partial charge in [-0.1, -0.05) is 43.3 Å². The van der Waals surface area contributed by atoms with Gasteiger partial charge in [-0.3, -0.25) is 14.0 Å². The van der Waals surface area contributed by atoms with Gasteiger partial charge in [0, 0.05) is 17.9 Å². The number of hydrogen-bond acceptors (Lipinski definition) is 13. The fourth-order valence-corrected chi connectivity index (χ4v) is 5.72. The number of carbonyl (C=O) groups excluding carboxylic acids is 3. The van der Waals surface area contributed by atoms with Crippen molar-refractivity contribution in [2.75, 3.05) is 19.0 Å². The average Bonchev–Trinajstić information content (AvgIpc) is 3.48. The van der Waals surface area contributed by atoms with Gasteiger partial charge in [0.15, 0.2) is 16.8 Å². The Bertz CT molecular complexity index is 1870. The van der Waals surface area contributed by atoms with Crippen LogP contribution in [-0.2, 0) is 52.3 Å². The Morgan fingerprint density at radius 1 is 1.04 bits per heavy atom. The van der Waals surface area contributed by atoms with E-state index >= 15 is 0 Å². The first-order valence-electron chi connectivity index (χ1n) is 14.3. The summed E-state index contributed by atoms with van der Waals surface area (Å²) in [5.41, 5.74) is 2.14. The molecule has 254 valence electrons. The predicted molar refractivity (Wildman–Crippen MR) is 163 cm³/mol. The molecule has 0 saturated heterocycles. The van der Waals surface area contributed by atoms with Crippen LogP contribution >= 0.6 is 0 Å². The first-order chi connectivity index (χ1) is 22.1. The Morgan fingerprint density at radius 2 is 1.65 bits per heavy atom. The molecule has 1 amide bonds. The summed E-state index contributed by atoms with van der Waals surface area (Å²) in [5.74, 6) is -4.46. The number of esters is 2. The van der Waals surface area contributed by atoms with Crippen LogP contribution in [0, 0.1) is 0 Å². The maximum absolute atomic E-state index is 13.3. The number of hydrazone groups is 1. The Balaban J connectivity index is 0.00000600. The van der Waals surface area contributed by atoms with E-state index in [0.29, 0.717) is 16.1 Å². The summed E-state index contributed by atoms with van der Waals surface area (Å²) in [6.45, 7) is 4.08. The average molecular weight is 771 g/mol. The topological polar surface area (TPSA) is 238 Å². The number of amides is 1. The van der Waals surface area contributed by atoms with E-state index in [-0.39, 0.29) is 153 Å². The molecule has 0 spiro atoms. The molecular weight excluding hydrogens is 739 g/mol. The van der Waals surface area contributed by atoms with Crippen LogP contribution in [0.1, 0.15) is 55.2 Å². The second-order valence-corrected chi connectivity index (χ2v) is 12.9. The third-order valence-electron chi connectivity index (χ3n) is 6.54. The van der Waals surface area contributed by atoms with Gasteiger partial charge in [-0.15, -0.1) is 5.73 Å². The largest absolute Gasteiger partial charge is 1.00 e. The minimum atomic E-state index is -4.80. The molecule has 1 N–H and O–H groups in total. The van der Waals surface area contributed by atoms with Crippen molar-refractivity contribution >= 4 is 49.4 Å². The summed E-state index contributed by atoms with van der Waals surface area (Å²) in [6.07, 6.45) is 2.09. The maximum atomic E-state index is 13.3. The molecule has 1 aromatic heterocycles. The number of nitrogens with zero attached hydrogens (tertiary/aromatic N) is 4. The number of aryl methyl sites for hydroxylation is 1. The molecule has 2 aromatic rings. The van der Waals surface area contributed by atoms with Crippen molar-refractivity contribution in [3.8, 4) is 5.88 Å². The van der Waals surface area contributed by atoms with Crippen molar-refractivity contribution in [1.82, 2.24) is 14.8 Å². The maximum Gasteiger partial charge on any atom is 1.00 e. The third kappa shape index (κ3) is 12.7. The Hall–Kier alpha value is -1.34. The minimum Gasteiger partial charge on any atom is -0.859 e. The van der Waals surface area contributed by atoms with Crippen LogP contribution in [-0.4, -0.2) is 88.6 Å². The summed E-state index contributed by atoms with van der Waals surface area (Å²) in [6, 6.07) is 8.48. The van der Waals surface area contributed by atoms with Crippen LogP contribution in [0.4, 0.5) is 0 Å².